The number of carbonyl (C=O) groups excluding carboxylic acids is 1. The van der Waals surface area contributed by atoms with Crippen LogP contribution in [0.4, 0.5) is 0 Å². The van der Waals surface area contributed by atoms with E-state index >= 15 is 0 Å². The number of benzene rings is 1. The van der Waals surface area contributed by atoms with Gasteiger partial charge in [-0.3, -0.25) is 4.57 Å². The molecular formula is C10H13O5P. The molecular weight excluding hydrogens is 231 g/mol. The van der Waals surface area contributed by atoms with E-state index < -0.39 is 8.25 Å². The van der Waals surface area contributed by atoms with Crippen molar-refractivity contribution >= 4 is 14.2 Å². The predicted molar refractivity (Wildman–Crippen MR) is 58.4 cm³/mol. The van der Waals surface area contributed by atoms with Crippen LogP contribution >= 0.6 is 8.25 Å². The summed E-state index contributed by atoms with van der Waals surface area (Å²) in [6.45, 7) is 2.12. The van der Waals surface area contributed by atoms with Crippen molar-refractivity contribution in [2.24, 2.45) is 0 Å². The molecule has 1 atom stereocenters. The zero-order chi connectivity index (χ0) is 12.0. The van der Waals surface area contributed by atoms with E-state index in [-0.39, 0.29) is 12.6 Å². The van der Waals surface area contributed by atoms with Crippen LogP contribution in [0.5, 0.6) is 0 Å². The van der Waals surface area contributed by atoms with Gasteiger partial charge < -0.3 is 14.2 Å². The third kappa shape index (κ3) is 4.14. The average Bonchev–Trinajstić information content (AvgIpc) is 2.27. The van der Waals surface area contributed by atoms with E-state index in [0.717, 1.165) is 5.56 Å². The van der Waals surface area contributed by atoms with Gasteiger partial charge in [-0.1, -0.05) is 12.1 Å². The Labute approximate surface area is 94.0 Å². The molecule has 0 radical (unpaired) electrons. The molecule has 0 aromatic heterocycles. The van der Waals surface area contributed by atoms with Crippen LogP contribution in [0.1, 0.15) is 22.8 Å². The second-order valence-corrected chi connectivity index (χ2v) is 3.79. The summed E-state index contributed by atoms with van der Waals surface area (Å²) >= 11 is 0. The third-order valence-corrected chi connectivity index (χ3v) is 2.22. The molecule has 0 heterocycles. The van der Waals surface area contributed by atoms with Gasteiger partial charge in [-0.25, -0.2) is 4.79 Å². The van der Waals surface area contributed by atoms with Crippen LogP contribution in [0.2, 0.25) is 0 Å². The summed E-state index contributed by atoms with van der Waals surface area (Å²) in [5, 5.41) is 0. The fraction of sp³-hybridized carbons (Fsp3) is 0.300. The quantitative estimate of drug-likeness (QED) is 0.631. The highest BCUT2D eigenvalue weighted by molar-refractivity contribution is 7.32. The van der Waals surface area contributed by atoms with Gasteiger partial charge in [-0.05, 0) is 24.6 Å². The maximum Gasteiger partial charge on any atom is 0.338 e. The van der Waals surface area contributed by atoms with Gasteiger partial charge in [0.1, 0.15) is 0 Å². The molecule has 5 nitrogen and oxygen atoms in total. The fourth-order valence-electron chi connectivity index (χ4n) is 1.10. The van der Waals surface area contributed by atoms with Crippen molar-refractivity contribution < 1.29 is 23.5 Å². The number of carbonyl (C=O) groups is 1. The van der Waals surface area contributed by atoms with E-state index in [1.54, 1.807) is 31.2 Å². The van der Waals surface area contributed by atoms with Crippen molar-refractivity contribution in [1.29, 1.82) is 0 Å². The molecule has 1 aromatic rings. The van der Waals surface area contributed by atoms with Crippen LogP contribution in [0.25, 0.3) is 0 Å². The molecule has 6 heteroatoms. The molecule has 0 aliphatic heterocycles. The van der Waals surface area contributed by atoms with Crippen molar-refractivity contribution in [3.05, 3.63) is 35.4 Å². The van der Waals surface area contributed by atoms with Crippen LogP contribution in [0.15, 0.2) is 24.3 Å². The standard InChI is InChI=1S/C10H13O5P/c1-2-14-10(11)9-5-3-8(4-6-9)7-15-16(12)13/h3-6,16H,2,7H2,1H3,(H,12,13). The van der Waals surface area contributed by atoms with Crippen molar-refractivity contribution in [3.63, 3.8) is 0 Å². The molecule has 0 amide bonds. The minimum atomic E-state index is -2.91. The van der Waals surface area contributed by atoms with Gasteiger partial charge >= 0.3 is 14.2 Å². The minimum Gasteiger partial charge on any atom is -0.462 e. The lowest BCUT2D eigenvalue weighted by atomic mass is 10.1. The topological polar surface area (TPSA) is 72.8 Å². The van der Waals surface area contributed by atoms with Gasteiger partial charge in [0.15, 0.2) is 0 Å². The Kier molecular flexibility index (Phi) is 5.19. The SMILES string of the molecule is CCOC(=O)c1ccc(CO[PH](=O)O)cc1. The molecule has 16 heavy (non-hydrogen) atoms. The average molecular weight is 244 g/mol. The summed E-state index contributed by atoms with van der Waals surface area (Å²) < 4.78 is 19.7. The highest BCUT2D eigenvalue weighted by Crippen LogP contribution is 2.18. The summed E-state index contributed by atoms with van der Waals surface area (Å²) in [5.74, 6) is -0.384. The zero-order valence-electron chi connectivity index (χ0n) is 8.80. The van der Waals surface area contributed by atoms with Crippen LogP contribution < -0.4 is 0 Å². The summed E-state index contributed by atoms with van der Waals surface area (Å²) in [5.41, 5.74) is 1.17. The van der Waals surface area contributed by atoms with Crippen LogP contribution in [0.3, 0.4) is 0 Å². The first-order chi connectivity index (χ1) is 7.63. The molecule has 0 fully saturated rings. The third-order valence-electron chi connectivity index (χ3n) is 1.83. The summed E-state index contributed by atoms with van der Waals surface area (Å²) in [7, 11) is -2.91. The summed E-state index contributed by atoms with van der Waals surface area (Å²) in [6.07, 6.45) is 0. The summed E-state index contributed by atoms with van der Waals surface area (Å²) in [4.78, 5) is 19.8. The van der Waals surface area contributed by atoms with Gasteiger partial charge in [-0.2, -0.15) is 0 Å². The van der Waals surface area contributed by atoms with Crippen LogP contribution in [-0.2, 0) is 20.4 Å². The highest BCUT2D eigenvalue weighted by Gasteiger charge is 2.05. The van der Waals surface area contributed by atoms with Crippen molar-refractivity contribution in [3.8, 4) is 0 Å². The number of hydrogen-bond acceptors (Lipinski definition) is 4. The molecule has 0 aliphatic rings. The normalized spacial score (nSPS) is 12.1. The van der Waals surface area contributed by atoms with E-state index in [1.165, 1.54) is 0 Å². The second kappa shape index (κ2) is 6.43. The molecule has 0 bridgehead atoms. The van der Waals surface area contributed by atoms with E-state index in [0.29, 0.717) is 12.2 Å². The molecule has 88 valence electrons. The minimum absolute atomic E-state index is 0.0530. The van der Waals surface area contributed by atoms with E-state index in [9.17, 15) is 9.36 Å². The van der Waals surface area contributed by atoms with Crippen LogP contribution in [0, 0.1) is 0 Å². The molecule has 0 saturated heterocycles. The maximum absolute atomic E-state index is 11.3. The van der Waals surface area contributed by atoms with Gasteiger partial charge in [0.05, 0.1) is 18.8 Å². The molecule has 1 rings (SSSR count). The first-order valence-corrected chi connectivity index (χ1v) is 6.01. The molecule has 1 unspecified atom stereocenters. The molecule has 0 spiro atoms. The molecule has 1 N–H and O–H groups in total. The fourth-order valence-corrected chi connectivity index (χ4v) is 1.39. The Morgan fingerprint density at radius 2 is 2.00 bits per heavy atom. The largest absolute Gasteiger partial charge is 0.462 e. The lowest BCUT2D eigenvalue weighted by molar-refractivity contribution is 0.0526. The number of hydrogen-bond donors (Lipinski definition) is 1. The van der Waals surface area contributed by atoms with Gasteiger partial charge in [0, 0.05) is 0 Å². The molecule has 1 aromatic carbocycles. The summed E-state index contributed by atoms with van der Waals surface area (Å²) in [6, 6.07) is 6.48. The lowest BCUT2D eigenvalue weighted by Gasteiger charge is -2.03. The second-order valence-electron chi connectivity index (χ2n) is 2.97. The highest BCUT2D eigenvalue weighted by atomic mass is 31.1. The zero-order valence-corrected chi connectivity index (χ0v) is 9.80. The van der Waals surface area contributed by atoms with Gasteiger partial charge in [0.2, 0.25) is 0 Å². The van der Waals surface area contributed by atoms with Gasteiger partial charge in [0.25, 0.3) is 0 Å². The molecule has 0 aliphatic carbocycles. The number of ether oxygens (including phenoxy) is 1. The number of esters is 1. The van der Waals surface area contributed by atoms with E-state index in [1.807, 2.05) is 0 Å². The maximum atomic E-state index is 11.3. The first kappa shape index (κ1) is 12.9. The van der Waals surface area contributed by atoms with Crippen molar-refractivity contribution in [1.82, 2.24) is 0 Å². The first-order valence-electron chi connectivity index (χ1n) is 4.75. The Morgan fingerprint density at radius 3 is 2.50 bits per heavy atom. The van der Waals surface area contributed by atoms with Crippen molar-refractivity contribution in [2.45, 2.75) is 13.5 Å². The predicted octanol–water partition coefficient (Wildman–Crippen LogP) is 1.76. The van der Waals surface area contributed by atoms with E-state index in [2.05, 4.69) is 4.52 Å². The molecule has 0 saturated carbocycles. The van der Waals surface area contributed by atoms with Gasteiger partial charge in [-0.15, -0.1) is 0 Å². The van der Waals surface area contributed by atoms with Crippen LogP contribution in [-0.4, -0.2) is 17.5 Å². The lowest BCUT2D eigenvalue weighted by Crippen LogP contribution is -2.04. The Bertz CT molecular complexity index is 373. The Hall–Kier alpha value is -1.16. The Morgan fingerprint density at radius 1 is 1.38 bits per heavy atom. The Balaban J connectivity index is 2.60. The van der Waals surface area contributed by atoms with Crippen molar-refractivity contribution in [2.75, 3.05) is 6.61 Å². The monoisotopic (exact) mass is 244 g/mol. The van der Waals surface area contributed by atoms with E-state index in [4.69, 9.17) is 9.63 Å². The smallest absolute Gasteiger partial charge is 0.338 e. The number of rotatable bonds is 5.